The van der Waals surface area contributed by atoms with Gasteiger partial charge >= 0.3 is 17.4 Å². The molecule has 0 aromatic heterocycles. The van der Waals surface area contributed by atoms with Crippen LogP contribution in [0, 0.1) is 0 Å². The van der Waals surface area contributed by atoms with Gasteiger partial charge in [-0.05, 0) is 0 Å². The smallest absolute Gasteiger partial charge is 0.852 e. The fourth-order valence-corrected chi connectivity index (χ4v) is 0. The fraction of sp³-hybridized carbons (Fsp3) is 1.00. The number of hydrogen-bond donors (Lipinski definition) is 0. The Labute approximate surface area is 106 Å². The molecule has 0 amide bonds. The Balaban J connectivity index is -0.0000000606. The first kappa shape index (κ1) is 24.6. The first-order valence-electron chi connectivity index (χ1n) is 5.05. The molecule has 0 radical (unpaired) electrons. The summed E-state index contributed by atoms with van der Waals surface area (Å²) in [5.74, 6) is 0. The average Bonchev–Trinajstić information content (AvgIpc) is 1.83. The second-order valence-corrected chi connectivity index (χ2v) is 4.21. The maximum atomic E-state index is 10.5. The minimum atomic E-state index is -0.708. The molecule has 0 atom stereocenters. The van der Waals surface area contributed by atoms with E-state index in [1.165, 1.54) is 0 Å². The van der Waals surface area contributed by atoms with Crippen molar-refractivity contribution in [1.29, 1.82) is 0 Å². The molecule has 0 spiro atoms. The van der Waals surface area contributed by atoms with Gasteiger partial charge in [-0.3, -0.25) is 0 Å². The zero-order valence-electron chi connectivity index (χ0n) is 11.2. The van der Waals surface area contributed by atoms with E-state index in [-0.39, 0.29) is 17.4 Å². The number of hydrogen-bond acceptors (Lipinski definition) is 3. The molecule has 15 heavy (non-hydrogen) atoms. The zero-order chi connectivity index (χ0) is 12.4. The molecule has 0 aliphatic heterocycles. The Morgan fingerprint density at radius 3 is 1.00 bits per heavy atom. The molecule has 0 N–H and O–H groups in total. The normalized spacial score (nSPS) is 9.60. The van der Waals surface area contributed by atoms with E-state index in [0.717, 1.165) is 0 Å². The third-order valence-electron chi connectivity index (χ3n) is 0.851. The third-order valence-corrected chi connectivity index (χ3v) is 0.851. The first-order chi connectivity index (χ1) is 6.02. The van der Waals surface area contributed by atoms with E-state index in [2.05, 4.69) is 0 Å². The second kappa shape index (κ2) is 14.4. The first-order valence-corrected chi connectivity index (χ1v) is 5.05. The molecule has 0 saturated carbocycles. The van der Waals surface area contributed by atoms with Crippen LogP contribution < -0.4 is 15.3 Å². The Bertz CT molecular complexity index is 87.0. The van der Waals surface area contributed by atoms with E-state index < -0.39 is 17.8 Å². The minimum Gasteiger partial charge on any atom is -0.852 e. The van der Waals surface area contributed by atoms with E-state index in [0.29, 0.717) is 6.42 Å². The third kappa shape index (κ3) is 191. The van der Waals surface area contributed by atoms with Crippen LogP contribution in [0.1, 0.15) is 54.9 Å². The molecule has 0 unspecified atom stereocenters. The summed E-state index contributed by atoms with van der Waals surface area (Å²) in [6.07, 6.45) is -0.118. The van der Waals surface area contributed by atoms with Gasteiger partial charge in [0.05, 0.1) is 0 Å². The van der Waals surface area contributed by atoms with Crippen molar-refractivity contribution in [3.05, 3.63) is 0 Å². The Morgan fingerprint density at radius 1 is 0.933 bits per heavy atom. The second-order valence-electron chi connectivity index (χ2n) is 4.21. The quantitative estimate of drug-likeness (QED) is 0.581. The molecule has 4 heteroatoms. The van der Waals surface area contributed by atoms with Gasteiger partial charge in [0.15, 0.2) is 0 Å². The minimum absolute atomic E-state index is 0. The molecule has 0 aliphatic carbocycles. The van der Waals surface area contributed by atoms with Crippen molar-refractivity contribution in [2.24, 2.45) is 0 Å². The topological polar surface area (TPSA) is 69.2 Å². The molecular formula is C11H25AlO3. The molecule has 90 valence electrons. The molecule has 0 aliphatic rings. The molecule has 0 aromatic carbocycles. The predicted molar refractivity (Wildman–Crippen MR) is 60.4 cm³/mol. The van der Waals surface area contributed by atoms with Gasteiger partial charge in [-0.25, -0.2) is 0 Å². The maximum absolute atomic E-state index is 10.5. The van der Waals surface area contributed by atoms with Crippen molar-refractivity contribution >= 4 is 17.4 Å². The van der Waals surface area contributed by atoms with Gasteiger partial charge in [0.1, 0.15) is 0 Å². The van der Waals surface area contributed by atoms with Crippen LogP contribution in [0.4, 0.5) is 0 Å². The van der Waals surface area contributed by atoms with E-state index >= 15 is 0 Å². The zero-order valence-corrected chi connectivity index (χ0v) is 12.3. The van der Waals surface area contributed by atoms with Crippen LogP contribution in [0.5, 0.6) is 0 Å². The van der Waals surface area contributed by atoms with Crippen molar-refractivity contribution in [2.75, 3.05) is 0 Å². The maximum Gasteiger partial charge on any atom is 3.00 e. The van der Waals surface area contributed by atoms with Crippen LogP contribution in [-0.2, 0) is 0 Å². The van der Waals surface area contributed by atoms with Crippen molar-refractivity contribution in [1.82, 2.24) is 0 Å². The van der Waals surface area contributed by atoms with Gasteiger partial charge in [0.25, 0.3) is 0 Å². The predicted octanol–water partition coefficient (Wildman–Crippen LogP) is -0.335. The molecule has 0 saturated heterocycles. The largest absolute Gasteiger partial charge is 3.00 e. The molecule has 0 rings (SSSR count). The van der Waals surface area contributed by atoms with Crippen LogP contribution in [0.3, 0.4) is 0 Å². The summed E-state index contributed by atoms with van der Waals surface area (Å²) in [5.41, 5.74) is -0.708. The summed E-state index contributed by atoms with van der Waals surface area (Å²) in [6, 6.07) is 0. The summed E-state index contributed by atoms with van der Waals surface area (Å²) < 4.78 is 0. The SMILES string of the molecule is CC(C)[O-].CC(C)[O-].CCC(C)(C)[O-].[Al+3]. The van der Waals surface area contributed by atoms with E-state index in [1.54, 1.807) is 41.5 Å². The molecule has 3 nitrogen and oxygen atoms in total. The van der Waals surface area contributed by atoms with E-state index in [4.69, 9.17) is 0 Å². The Hall–Kier alpha value is 0.412. The summed E-state index contributed by atoms with van der Waals surface area (Å²) in [7, 11) is 0. The average molecular weight is 232 g/mol. The van der Waals surface area contributed by atoms with Crippen molar-refractivity contribution in [3.8, 4) is 0 Å². The summed E-state index contributed by atoms with van der Waals surface area (Å²) in [6.45, 7) is 11.7. The molecular weight excluding hydrogens is 207 g/mol. The van der Waals surface area contributed by atoms with Crippen LogP contribution >= 0.6 is 0 Å². The van der Waals surface area contributed by atoms with E-state index in [1.807, 2.05) is 6.92 Å². The van der Waals surface area contributed by atoms with Crippen LogP contribution in [0.2, 0.25) is 0 Å². The Kier molecular flexibility index (Phi) is 23.6. The molecule has 0 heterocycles. The summed E-state index contributed by atoms with van der Waals surface area (Å²) in [4.78, 5) is 0. The summed E-state index contributed by atoms with van der Waals surface area (Å²) >= 11 is 0. The van der Waals surface area contributed by atoms with Gasteiger partial charge in [-0.1, -0.05) is 54.9 Å². The van der Waals surface area contributed by atoms with Crippen LogP contribution in [0.15, 0.2) is 0 Å². The molecule has 0 aromatic rings. The molecule has 0 bridgehead atoms. The monoisotopic (exact) mass is 232 g/mol. The van der Waals surface area contributed by atoms with E-state index in [9.17, 15) is 15.3 Å². The van der Waals surface area contributed by atoms with Crippen molar-refractivity contribution < 1.29 is 15.3 Å². The number of rotatable bonds is 1. The van der Waals surface area contributed by atoms with Crippen molar-refractivity contribution in [3.63, 3.8) is 0 Å². The standard InChI is InChI=1S/C5H11O.2C3H7O.Al/c1-4-5(2,3)6;2*1-3(2)4;/h4H2,1-3H3;2*3H,1-2H3;/q3*-1;+3. The Morgan fingerprint density at radius 2 is 1.00 bits per heavy atom. The van der Waals surface area contributed by atoms with Gasteiger partial charge in [0.2, 0.25) is 0 Å². The van der Waals surface area contributed by atoms with Gasteiger partial charge in [0, 0.05) is 0 Å². The van der Waals surface area contributed by atoms with Crippen molar-refractivity contribution in [2.45, 2.75) is 72.7 Å². The van der Waals surface area contributed by atoms with Crippen LogP contribution in [-0.4, -0.2) is 35.2 Å². The van der Waals surface area contributed by atoms with Crippen LogP contribution in [0.25, 0.3) is 0 Å². The van der Waals surface area contributed by atoms with Gasteiger partial charge in [-0.2, -0.15) is 0 Å². The molecule has 0 fully saturated rings. The van der Waals surface area contributed by atoms with Gasteiger partial charge < -0.3 is 15.3 Å². The summed E-state index contributed by atoms with van der Waals surface area (Å²) in [5, 5.41) is 29.5. The fourth-order valence-electron chi connectivity index (χ4n) is 0. The van der Waals surface area contributed by atoms with Gasteiger partial charge in [-0.15, -0.1) is 17.8 Å².